The van der Waals surface area contributed by atoms with Gasteiger partial charge in [0.15, 0.2) is 5.60 Å². The molecular weight excluding hydrogens is 449 g/mol. The van der Waals surface area contributed by atoms with Crippen molar-refractivity contribution >= 4 is 27.0 Å². The summed E-state index contributed by atoms with van der Waals surface area (Å²) in [6.45, 7) is 0.888. The smallest absolute Gasteiger partial charge is 0.380 e. The van der Waals surface area contributed by atoms with E-state index in [-0.39, 0.29) is 19.0 Å². The summed E-state index contributed by atoms with van der Waals surface area (Å²) in [7, 11) is -3.66. The molecule has 0 aliphatic carbocycles. The molecule has 0 saturated carbocycles. The van der Waals surface area contributed by atoms with Gasteiger partial charge in [-0.3, -0.25) is 4.79 Å². The molecule has 2 aromatic rings. The number of piperidine rings is 1. The Morgan fingerprint density at radius 2 is 1.94 bits per heavy atom. The lowest BCUT2D eigenvalue weighted by Crippen LogP contribution is -2.61. The van der Waals surface area contributed by atoms with Gasteiger partial charge in [-0.05, 0) is 43.4 Å². The fourth-order valence-electron chi connectivity index (χ4n) is 4.28. The number of rotatable bonds is 5. The zero-order valence-electron chi connectivity index (χ0n) is 17.5. The van der Waals surface area contributed by atoms with Gasteiger partial charge in [0.1, 0.15) is 10.9 Å². The van der Waals surface area contributed by atoms with Gasteiger partial charge in [-0.15, -0.1) is 0 Å². The van der Waals surface area contributed by atoms with Crippen LogP contribution in [0.2, 0.25) is 0 Å². The molecule has 2 fully saturated rings. The van der Waals surface area contributed by atoms with Crippen LogP contribution in [-0.4, -0.2) is 81.8 Å². The first kappa shape index (κ1) is 23.0. The number of sulfonamides is 1. The molecule has 0 aromatic carbocycles. The van der Waals surface area contributed by atoms with Gasteiger partial charge in [0, 0.05) is 44.0 Å². The molecule has 2 aliphatic rings. The van der Waals surface area contributed by atoms with Gasteiger partial charge in [0.2, 0.25) is 15.9 Å². The number of aromatic amines is 1. The number of nitrogens with one attached hydrogen (secondary N) is 1. The summed E-state index contributed by atoms with van der Waals surface area (Å²) in [5.74, 6) is -0.714. The highest BCUT2D eigenvalue weighted by Crippen LogP contribution is 2.36. The Bertz CT molecular complexity index is 1100. The van der Waals surface area contributed by atoms with Crippen LogP contribution >= 0.6 is 0 Å². The van der Waals surface area contributed by atoms with Crippen LogP contribution in [0, 0.1) is 0 Å². The minimum absolute atomic E-state index is 0.164. The number of fused-ring (bicyclic) bond motifs is 1. The van der Waals surface area contributed by atoms with E-state index in [0.717, 1.165) is 21.5 Å². The molecule has 0 radical (unpaired) electrons. The molecule has 0 bridgehead atoms. The lowest BCUT2D eigenvalue weighted by atomic mass is 9.90. The maximum Gasteiger partial charge on any atom is 0.417 e. The van der Waals surface area contributed by atoms with Crippen molar-refractivity contribution in [1.29, 1.82) is 0 Å². The standard InChI is InChI=1S/C20H25F3N4O4S/c1-19(29,20(21,22)23)9-17(28)26-11-14(12-26)32(30,31)27-7-4-13(5-8-27)16-10-25-18-15(16)3-2-6-24-18/h2-3,6,10,13-14,29H,4-5,7-9,11-12H2,1H3,(H,24,25)/t19-/m0/s1. The molecule has 176 valence electrons. The SMILES string of the molecule is C[C@](O)(CC(=O)N1CC(S(=O)(=O)N2CCC(c3c[nH]c4ncccc34)CC2)C1)C(F)(F)F. The van der Waals surface area contributed by atoms with Crippen LogP contribution in [-0.2, 0) is 14.8 Å². The fraction of sp³-hybridized carbons (Fsp3) is 0.600. The number of H-pyrrole nitrogens is 1. The number of alkyl halides is 3. The fourth-order valence-corrected chi connectivity index (χ4v) is 6.16. The molecule has 0 spiro atoms. The van der Waals surface area contributed by atoms with Gasteiger partial charge in [-0.25, -0.2) is 17.7 Å². The number of amides is 1. The second kappa shape index (κ2) is 7.99. The number of hydrogen-bond acceptors (Lipinski definition) is 5. The maximum atomic E-state index is 12.9. The number of nitrogens with zero attached hydrogens (tertiary/aromatic N) is 3. The third kappa shape index (κ3) is 4.11. The van der Waals surface area contributed by atoms with Crippen molar-refractivity contribution in [1.82, 2.24) is 19.2 Å². The minimum atomic E-state index is -4.94. The third-order valence-electron chi connectivity index (χ3n) is 6.46. The van der Waals surface area contributed by atoms with Crippen molar-refractivity contribution in [2.45, 2.75) is 49.1 Å². The van der Waals surface area contributed by atoms with Gasteiger partial charge < -0.3 is 15.0 Å². The Morgan fingerprint density at radius 3 is 2.56 bits per heavy atom. The number of likely N-dealkylation sites (tertiary alicyclic amines) is 1. The van der Waals surface area contributed by atoms with Crippen LogP contribution in [0.4, 0.5) is 13.2 Å². The molecule has 4 heterocycles. The number of carbonyl (C=O) groups is 1. The topological polar surface area (TPSA) is 107 Å². The van der Waals surface area contributed by atoms with E-state index in [1.54, 1.807) is 6.20 Å². The molecule has 2 saturated heterocycles. The summed E-state index contributed by atoms with van der Waals surface area (Å²) in [6.07, 6.45) is -1.17. The Morgan fingerprint density at radius 1 is 1.28 bits per heavy atom. The zero-order chi connectivity index (χ0) is 23.3. The predicted octanol–water partition coefficient (Wildman–Crippen LogP) is 1.99. The van der Waals surface area contributed by atoms with Crippen molar-refractivity contribution < 1.29 is 31.5 Å². The molecule has 1 atom stereocenters. The van der Waals surface area contributed by atoms with Gasteiger partial charge in [-0.1, -0.05) is 0 Å². The first-order valence-electron chi connectivity index (χ1n) is 10.4. The molecule has 2 aromatic heterocycles. The second-order valence-electron chi connectivity index (χ2n) is 8.73. The van der Waals surface area contributed by atoms with Gasteiger partial charge in [0.05, 0.1) is 6.42 Å². The average Bonchev–Trinajstić information content (AvgIpc) is 3.09. The number of pyridine rings is 1. The number of halogens is 3. The lowest BCUT2D eigenvalue weighted by Gasteiger charge is -2.43. The van der Waals surface area contributed by atoms with Crippen LogP contribution in [0.15, 0.2) is 24.5 Å². The van der Waals surface area contributed by atoms with Crippen LogP contribution in [0.5, 0.6) is 0 Å². The molecular formula is C20H25F3N4O4S. The van der Waals surface area contributed by atoms with Gasteiger partial charge in [0.25, 0.3) is 0 Å². The summed E-state index contributed by atoms with van der Waals surface area (Å²) in [5, 5.41) is 9.67. The highest BCUT2D eigenvalue weighted by Gasteiger charge is 2.53. The Kier molecular flexibility index (Phi) is 5.74. The number of aliphatic hydroxyl groups is 1. The number of carbonyl (C=O) groups excluding carboxylic acids is 1. The van der Waals surface area contributed by atoms with E-state index in [4.69, 9.17) is 0 Å². The largest absolute Gasteiger partial charge is 0.417 e. The summed E-state index contributed by atoms with van der Waals surface area (Å²) in [6, 6.07) is 3.84. The highest BCUT2D eigenvalue weighted by molar-refractivity contribution is 7.89. The number of aromatic nitrogens is 2. The first-order chi connectivity index (χ1) is 14.9. The van der Waals surface area contributed by atoms with E-state index in [9.17, 15) is 31.5 Å². The molecule has 2 N–H and O–H groups in total. The van der Waals surface area contributed by atoms with E-state index in [1.807, 2.05) is 18.3 Å². The third-order valence-corrected chi connectivity index (χ3v) is 8.69. The van der Waals surface area contributed by atoms with Gasteiger partial charge >= 0.3 is 6.18 Å². The van der Waals surface area contributed by atoms with E-state index in [1.165, 1.54) is 4.31 Å². The second-order valence-corrected chi connectivity index (χ2v) is 10.9. The molecule has 0 unspecified atom stereocenters. The molecule has 8 nitrogen and oxygen atoms in total. The quantitative estimate of drug-likeness (QED) is 0.689. The van der Waals surface area contributed by atoms with Crippen molar-refractivity contribution in [2.24, 2.45) is 0 Å². The van der Waals surface area contributed by atoms with Crippen LogP contribution in [0.25, 0.3) is 11.0 Å². The average molecular weight is 475 g/mol. The van der Waals surface area contributed by atoms with E-state index < -0.39 is 39.4 Å². The van der Waals surface area contributed by atoms with Crippen LogP contribution in [0.3, 0.4) is 0 Å². The number of hydrogen-bond donors (Lipinski definition) is 2. The van der Waals surface area contributed by atoms with E-state index in [2.05, 4.69) is 9.97 Å². The maximum absolute atomic E-state index is 12.9. The summed E-state index contributed by atoms with van der Waals surface area (Å²) in [4.78, 5) is 20.5. The summed E-state index contributed by atoms with van der Waals surface area (Å²) in [5.41, 5.74) is -1.24. The normalized spacial score (nSPS) is 21.5. The predicted molar refractivity (Wildman–Crippen MR) is 110 cm³/mol. The van der Waals surface area contributed by atoms with Crippen molar-refractivity contribution in [2.75, 3.05) is 26.2 Å². The first-order valence-corrected chi connectivity index (χ1v) is 11.9. The monoisotopic (exact) mass is 474 g/mol. The lowest BCUT2D eigenvalue weighted by molar-refractivity contribution is -0.254. The Balaban J connectivity index is 1.32. The molecule has 2 aliphatic heterocycles. The minimum Gasteiger partial charge on any atom is -0.380 e. The molecule has 32 heavy (non-hydrogen) atoms. The van der Waals surface area contributed by atoms with Gasteiger partial charge in [-0.2, -0.15) is 13.2 Å². The summed E-state index contributed by atoms with van der Waals surface area (Å²) >= 11 is 0. The van der Waals surface area contributed by atoms with Crippen LogP contribution < -0.4 is 0 Å². The molecule has 12 heteroatoms. The Hall–Kier alpha value is -2.18. The molecule has 1 amide bonds. The molecule has 4 rings (SSSR count). The van der Waals surface area contributed by atoms with Crippen molar-refractivity contribution in [3.63, 3.8) is 0 Å². The highest BCUT2D eigenvalue weighted by atomic mass is 32.2. The van der Waals surface area contributed by atoms with E-state index in [0.29, 0.717) is 32.9 Å². The van der Waals surface area contributed by atoms with Crippen LogP contribution in [0.1, 0.15) is 37.7 Å². The zero-order valence-corrected chi connectivity index (χ0v) is 18.3. The Labute approximate surface area is 183 Å². The van der Waals surface area contributed by atoms with E-state index >= 15 is 0 Å². The summed E-state index contributed by atoms with van der Waals surface area (Å²) < 4.78 is 65.6. The van der Waals surface area contributed by atoms with Crippen molar-refractivity contribution in [3.05, 3.63) is 30.1 Å². The van der Waals surface area contributed by atoms with Crippen molar-refractivity contribution in [3.8, 4) is 0 Å².